The highest BCUT2D eigenvalue weighted by atomic mass is 35.5. The zero-order valence-corrected chi connectivity index (χ0v) is 17.2. The number of carbonyl (C=O) groups excluding carboxylic acids is 2. The van der Waals surface area contributed by atoms with Crippen LogP contribution >= 0.6 is 23.2 Å². The first-order valence-corrected chi connectivity index (χ1v) is 9.32. The van der Waals surface area contributed by atoms with Crippen LogP contribution in [0.2, 0.25) is 10.0 Å². The minimum atomic E-state index is -0.444. The van der Waals surface area contributed by atoms with Gasteiger partial charge in [-0.15, -0.1) is 0 Å². The Morgan fingerprint density at radius 2 is 1.59 bits per heavy atom. The van der Waals surface area contributed by atoms with Gasteiger partial charge in [-0.05, 0) is 42.5 Å². The van der Waals surface area contributed by atoms with Crippen molar-refractivity contribution >= 4 is 40.6 Å². The van der Waals surface area contributed by atoms with E-state index in [0.29, 0.717) is 38.4 Å². The molecule has 3 aromatic carbocycles. The van der Waals surface area contributed by atoms with Crippen LogP contribution < -0.4 is 14.8 Å². The van der Waals surface area contributed by atoms with Gasteiger partial charge in [-0.3, -0.25) is 9.59 Å². The highest BCUT2D eigenvalue weighted by molar-refractivity contribution is 6.36. The van der Waals surface area contributed by atoms with Crippen LogP contribution in [-0.2, 0) is 0 Å². The van der Waals surface area contributed by atoms with E-state index in [9.17, 15) is 9.59 Å². The van der Waals surface area contributed by atoms with Gasteiger partial charge < -0.3 is 14.8 Å². The standard InChI is InChI=1S/C22H17Cl2NO4/c1-28-14-8-9-16(20(12-14)29-2)22(27)25-19-10-7-13(23)11-17(19)21(26)15-5-3-4-6-18(15)24/h3-12H,1-2H3,(H,25,27). The molecule has 1 N–H and O–H groups in total. The maximum absolute atomic E-state index is 13.0. The molecule has 148 valence electrons. The fraction of sp³-hybridized carbons (Fsp3) is 0.0909. The quantitative estimate of drug-likeness (QED) is 0.525. The third-order valence-electron chi connectivity index (χ3n) is 4.25. The Kier molecular flexibility index (Phi) is 6.42. The molecule has 29 heavy (non-hydrogen) atoms. The molecule has 0 aliphatic heterocycles. The van der Waals surface area contributed by atoms with Crippen LogP contribution in [0.15, 0.2) is 60.7 Å². The second kappa shape index (κ2) is 8.99. The average molecular weight is 430 g/mol. The van der Waals surface area contributed by atoms with Gasteiger partial charge in [0.15, 0.2) is 5.78 Å². The summed E-state index contributed by atoms with van der Waals surface area (Å²) in [5.74, 6) is 0.101. The van der Waals surface area contributed by atoms with E-state index in [1.807, 2.05) is 0 Å². The van der Waals surface area contributed by atoms with Crippen LogP contribution in [0.5, 0.6) is 11.5 Å². The number of ether oxygens (including phenoxy) is 2. The van der Waals surface area contributed by atoms with Gasteiger partial charge in [0.25, 0.3) is 5.91 Å². The first-order valence-electron chi connectivity index (χ1n) is 8.56. The van der Waals surface area contributed by atoms with E-state index in [2.05, 4.69) is 5.32 Å². The van der Waals surface area contributed by atoms with Crippen molar-refractivity contribution in [3.63, 3.8) is 0 Å². The molecule has 1 amide bonds. The Balaban J connectivity index is 1.98. The molecule has 0 saturated carbocycles. The summed E-state index contributed by atoms with van der Waals surface area (Å²) in [6, 6.07) is 16.2. The molecule has 3 rings (SSSR count). The molecule has 0 aliphatic carbocycles. The predicted octanol–water partition coefficient (Wildman–Crippen LogP) is 5.49. The summed E-state index contributed by atoms with van der Waals surface area (Å²) < 4.78 is 10.4. The van der Waals surface area contributed by atoms with Crippen molar-refractivity contribution in [2.75, 3.05) is 19.5 Å². The second-order valence-electron chi connectivity index (χ2n) is 6.02. The highest BCUT2D eigenvalue weighted by Gasteiger charge is 2.20. The number of rotatable bonds is 6. The fourth-order valence-electron chi connectivity index (χ4n) is 2.78. The summed E-state index contributed by atoms with van der Waals surface area (Å²) in [6.45, 7) is 0. The monoisotopic (exact) mass is 429 g/mol. The number of hydrogen-bond acceptors (Lipinski definition) is 4. The number of carbonyl (C=O) groups is 2. The maximum atomic E-state index is 13.0. The van der Waals surface area contributed by atoms with Crippen LogP contribution in [-0.4, -0.2) is 25.9 Å². The van der Waals surface area contributed by atoms with Crippen molar-refractivity contribution in [2.24, 2.45) is 0 Å². The molecule has 7 heteroatoms. The van der Waals surface area contributed by atoms with Gasteiger partial charge in [-0.2, -0.15) is 0 Å². The molecular formula is C22H17Cl2NO4. The summed E-state index contributed by atoms with van der Waals surface area (Å²) >= 11 is 12.3. The molecule has 5 nitrogen and oxygen atoms in total. The highest BCUT2D eigenvalue weighted by Crippen LogP contribution is 2.29. The lowest BCUT2D eigenvalue weighted by Crippen LogP contribution is -2.16. The first-order chi connectivity index (χ1) is 13.9. The van der Waals surface area contributed by atoms with Crippen molar-refractivity contribution in [1.29, 1.82) is 0 Å². The number of nitrogens with one attached hydrogen (secondary N) is 1. The molecule has 0 radical (unpaired) electrons. The van der Waals surface area contributed by atoms with E-state index in [0.717, 1.165) is 0 Å². The van der Waals surface area contributed by atoms with Crippen LogP contribution in [0.4, 0.5) is 5.69 Å². The largest absolute Gasteiger partial charge is 0.497 e. The molecule has 0 unspecified atom stereocenters. The van der Waals surface area contributed by atoms with Gasteiger partial charge in [-0.1, -0.05) is 35.3 Å². The van der Waals surface area contributed by atoms with E-state index >= 15 is 0 Å². The van der Waals surface area contributed by atoms with Crippen LogP contribution in [0, 0.1) is 0 Å². The number of hydrogen-bond donors (Lipinski definition) is 1. The van der Waals surface area contributed by atoms with Gasteiger partial charge in [0.1, 0.15) is 11.5 Å². The van der Waals surface area contributed by atoms with Crippen molar-refractivity contribution in [3.05, 3.63) is 87.4 Å². The lowest BCUT2D eigenvalue weighted by Gasteiger charge is -2.14. The molecule has 0 spiro atoms. The zero-order chi connectivity index (χ0) is 21.0. The Morgan fingerprint density at radius 3 is 2.28 bits per heavy atom. The van der Waals surface area contributed by atoms with Gasteiger partial charge in [0.2, 0.25) is 0 Å². The zero-order valence-electron chi connectivity index (χ0n) is 15.7. The Hall–Kier alpha value is -3.02. The number of benzene rings is 3. The van der Waals surface area contributed by atoms with E-state index in [-0.39, 0.29) is 11.3 Å². The Labute approximate surface area is 178 Å². The Morgan fingerprint density at radius 1 is 0.828 bits per heavy atom. The van der Waals surface area contributed by atoms with Gasteiger partial charge in [0.05, 0.1) is 30.5 Å². The molecule has 0 aliphatic rings. The molecule has 0 aromatic heterocycles. The molecule has 0 saturated heterocycles. The smallest absolute Gasteiger partial charge is 0.259 e. The van der Waals surface area contributed by atoms with E-state index in [1.165, 1.54) is 20.3 Å². The van der Waals surface area contributed by atoms with E-state index in [1.54, 1.807) is 54.6 Å². The van der Waals surface area contributed by atoms with Crippen LogP contribution in [0.3, 0.4) is 0 Å². The van der Waals surface area contributed by atoms with Gasteiger partial charge >= 0.3 is 0 Å². The lowest BCUT2D eigenvalue weighted by atomic mass is 10.0. The number of halogens is 2. The van der Waals surface area contributed by atoms with Crippen molar-refractivity contribution < 1.29 is 19.1 Å². The van der Waals surface area contributed by atoms with Crippen molar-refractivity contribution in [2.45, 2.75) is 0 Å². The molecule has 0 bridgehead atoms. The third kappa shape index (κ3) is 4.53. The molecule has 3 aromatic rings. The van der Waals surface area contributed by atoms with Gasteiger partial charge in [-0.25, -0.2) is 0 Å². The topological polar surface area (TPSA) is 64.6 Å². The first kappa shape index (κ1) is 20.7. The molecular weight excluding hydrogens is 413 g/mol. The summed E-state index contributed by atoms with van der Waals surface area (Å²) in [5.41, 5.74) is 1.14. The van der Waals surface area contributed by atoms with Crippen LogP contribution in [0.25, 0.3) is 0 Å². The molecule has 0 fully saturated rings. The number of anilines is 1. The fourth-order valence-corrected chi connectivity index (χ4v) is 3.17. The summed E-state index contributed by atoms with van der Waals surface area (Å²) in [4.78, 5) is 25.9. The normalized spacial score (nSPS) is 10.3. The van der Waals surface area contributed by atoms with Crippen LogP contribution in [0.1, 0.15) is 26.3 Å². The Bertz CT molecular complexity index is 1080. The van der Waals surface area contributed by atoms with E-state index in [4.69, 9.17) is 32.7 Å². The SMILES string of the molecule is COc1ccc(C(=O)Nc2ccc(Cl)cc2C(=O)c2ccccc2Cl)c(OC)c1. The number of methoxy groups -OCH3 is 2. The van der Waals surface area contributed by atoms with Crippen molar-refractivity contribution in [1.82, 2.24) is 0 Å². The van der Waals surface area contributed by atoms with E-state index < -0.39 is 5.91 Å². The minimum Gasteiger partial charge on any atom is -0.497 e. The third-order valence-corrected chi connectivity index (χ3v) is 4.81. The summed E-state index contributed by atoms with van der Waals surface area (Å²) in [5, 5.41) is 3.43. The molecule has 0 heterocycles. The lowest BCUT2D eigenvalue weighted by molar-refractivity contribution is 0.102. The van der Waals surface area contributed by atoms with Gasteiger partial charge in [0, 0.05) is 22.2 Å². The maximum Gasteiger partial charge on any atom is 0.259 e. The molecule has 0 atom stereocenters. The van der Waals surface area contributed by atoms with Crippen molar-refractivity contribution in [3.8, 4) is 11.5 Å². The summed E-state index contributed by atoms with van der Waals surface area (Å²) in [7, 11) is 2.98. The summed E-state index contributed by atoms with van der Waals surface area (Å²) in [6.07, 6.45) is 0. The predicted molar refractivity (Wildman–Crippen MR) is 114 cm³/mol. The minimum absolute atomic E-state index is 0.228. The number of ketones is 1. The average Bonchev–Trinajstić information content (AvgIpc) is 2.74. The second-order valence-corrected chi connectivity index (χ2v) is 6.86. The number of amides is 1.